The van der Waals surface area contributed by atoms with Crippen molar-refractivity contribution < 1.29 is 4.74 Å². The number of methoxy groups -OCH3 is 1. The molecule has 0 unspecified atom stereocenters. The summed E-state index contributed by atoms with van der Waals surface area (Å²) < 4.78 is 4.97. The molecular weight excluding hydrogens is 256 g/mol. The van der Waals surface area contributed by atoms with Gasteiger partial charge in [0.25, 0.3) is 0 Å². The SMILES string of the molecule is CCC[C@H]1CC[C@H](C2CCC(CCC=COC)CC2)CC1. The van der Waals surface area contributed by atoms with E-state index >= 15 is 0 Å². The number of ether oxygens (including phenoxy) is 1. The lowest BCUT2D eigenvalue weighted by Crippen LogP contribution is -2.25. The molecule has 0 amide bonds. The monoisotopic (exact) mass is 292 g/mol. The zero-order valence-corrected chi connectivity index (χ0v) is 14.4. The molecule has 2 fully saturated rings. The highest BCUT2D eigenvalue weighted by molar-refractivity contribution is 4.83. The molecule has 0 aliphatic heterocycles. The molecule has 0 saturated heterocycles. The second kappa shape index (κ2) is 9.54. The summed E-state index contributed by atoms with van der Waals surface area (Å²) in [7, 11) is 1.73. The van der Waals surface area contributed by atoms with Gasteiger partial charge in [-0.1, -0.05) is 45.4 Å². The van der Waals surface area contributed by atoms with E-state index in [0.717, 1.165) is 23.7 Å². The van der Waals surface area contributed by atoms with Crippen molar-refractivity contribution >= 4 is 0 Å². The van der Waals surface area contributed by atoms with Crippen LogP contribution >= 0.6 is 0 Å². The molecule has 21 heavy (non-hydrogen) atoms. The summed E-state index contributed by atoms with van der Waals surface area (Å²) in [5.74, 6) is 4.19. The lowest BCUT2D eigenvalue weighted by atomic mass is 9.68. The van der Waals surface area contributed by atoms with Crippen LogP contribution in [0.4, 0.5) is 0 Å². The fourth-order valence-electron chi connectivity index (χ4n) is 4.80. The minimum absolute atomic E-state index is 0.985. The zero-order valence-electron chi connectivity index (χ0n) is 14.4. The van der Waals surface area contributed by atoms with Crippen LogP contribution in [0.3, 0.4) is 0 Å². The van der Waals surface area contributed by atoms with Crippen molar-refractivity contribution in [1.29, 1.82) is 0 Å². The van der Waals surface area contributed by atoms with Gasteiger partial charge in [-0.05, 0) is 68.3 Å². The highest BCUT2D eigenvalue weighted by atomic mass is 16.5. The Balaban J connectivity index is 1.62. The maximum absolute atomic E-state index is 4.97. The zero-order chi connectivity index (χ0) is 14.9. The predicted octanol–water partition coefficient (Wildman–Crippen LogP) is 6.34. The topological polar surface area (TPSA) is 9.23 Å². The van der Waals surface area contributed by atoms with Gasteiger partial charge < -0.3 is 4.74 Å². The molecule has 0 atom stereocenters. The Labute approximate surface area is 132 Å². The van der Waals surface area contributed by atoms with E-state index in [0.29, 0.717) is 0 Å². The summed E-state index contributed by atoms with van der Waals surface area (Å²) in [5, 5.41) is 0. The van der Waals surface area contributed by atoms with Crippen LogP contribution < -0.4 is 0 Å². The third-order valence-electron chi connectivity index (χ3n) is 6.12. The summed E-state index contributed by atoms with van der Waals surface area (Å²) in [6.07, 6.45) is 21.6. The highest BCUT2D eigenvalue weighted by Gasteiger charge is 2.30. The van der Waals surface area contributed by atoms with Crippen molar-refractivity contribution in [2.75, 3.05) is 7.11 Å². The first kappa shape index (κ1) is 16.9. The standard InChI is InChI=1S/C20H36O/c1-3-6-17-8-12-19(13-9-17)20-14-10-18(11-15-20)7-4-5-16-21-2/h5,16-20H,3-4,6-15H2,1-2H3/t17-,18?,19-,20?. The van der Waals surface area contributed by atoms with E-state index in [1.165, 1.54) is 77.0 Å². The molecule has 0 aromatic rings. The van der Waals surface area contributed by atoms with Gasteiger partial charge in [-0.2, -0.15) is 0 Å². The highest BCUT2D eigenvalue weighted by Crippen LogP contribution is 2.42. The van der Waals surface area contributed by atoms with Gasteiger partial charge in [0.1, 0.15) is 0 Å². The van der Waals surface area contributed by atoms with Gasteiger partial charge in [-0.15, -0.1) is 0 Å². The van der Waals surface area contributed by atoms with Gasteiger partial charge in [-0.25, -0.2) is 0 Å². The smallest absolute Gasteiger partial charge is 0.0784 e. The average molecular weight is 293 g/mol. The van der Waals surface area contributed by atoms with Gasteiger partial charge >= 0.3 is 0 Å². The van der Waals surface area contributed by atoms with Crippen LogP contribution in [0.5, 0.6) is 0 Å². The maximum Gasteiger partial charge on any atom is 0.0784 e. The van der Waals surface area contributed by atoms with Crippen molar-refractivity contribution in [1.82, 2.24) is 0 Å². The fourth-order valence-corrected chi connectivity index (χ4v) is 4.80. The van der Waals surface area contributed by atoms with Crippen LogP contribution in [0.1, 0.15) is 84.0 Å². The minimum atomic E-state index is 0.985. The van der Waals surface area contributed by atoms with Crippen molar-refractivity contribution in [3.63, 3.8) is 0 Å². The van der Waals surface area contributed by atoms with Crippen molar-refractivity contribution in [3.8, 4) is 0 Å². The lowest BCUT2D eigenvalue weighted by Gasteiger charge is -2.38. The molecule has 0 spiro atoms. The van der Waals surface area contributed by atoms with Crippen LogP contribution in [-0.2, 0) is 4.74 Å². The molecule has 2 rings (SSSR count). The van der Waals surface area contributed by atoms with E-state index in [-0.39, 0.29) is 0 Å². The Morgan fingerprint density at radius 2 is 1.33 bits per heavy atom. The van der Waals surface area contributed by atoms with E-state index < -0.39 is 0 Å². The first-order valence-electron chi connectivity index (χ1n) is 9.51. The quantitative estimate of drug-likeness (QED) is 0.497. The average Bonchev–Trinajstić information content (AvgIpc) is 2.53. The van der Waals surface area contributed by atoms with Crippen molar-refractivity contribution in [3.05, 3.63) is 12.3 Å². The number of allylic oxidation sites excluding steroid dienone is 1. The molecule has 0 N–H and O–H groups in total. The second-order valence-electron chi connectivity index (χ2n) is 7.54. The predicted molar refractivity (Wildman–Crippen MR) is 91.2 cm³/mol. The van der Waals surface area contributed by atoms with Crippen LogP contribution in [-0.4, -0.2) is 7.11 Å². The van der Waals surface area contributed by atoms with Crippen molar-refractivity contribution in [2.24, 2.45) is 23.7 Å². The van der Waals surface area contributed by atoms with Gasteiger partial charge in [0.2, 0.25) is 0 Å². The first-order chi connectivity index (χ1) is 10.3. The van der Waals surface area contributed by atoms with E-state index in [9.17, 15) is 0 Å². The molecule has 1 nitrogen and oxygen atoms in total. The van der Waals surface area contributed by atoms with Crippen LogP contribution in [0.2, 0.25) is 0 Å². The summed E-state index contributed by atoms with van der Waals surface area (Å²) in [5.41, 5.74) is 0. The van der Waals surface area contributed by atoms with Gasteiger partial charge in [-0.3, -0.25) is 0 Å². The van der Waals surface area contributed by atoms with Crippen LogP contribution in [0.25, 0.3) is 0 Å². The molecule has 2 saturated carbocycles. The van der Waals surface area contributed by atoms with E-state index in [1.807, 2.05) is 6.26 Å². The van der Waals surface area contributed by atoms with Gasteiger partial charge in [0, 0.05) is 0 Å². The second-order valence-corrected chi connectivity index (χ2v) is 7.54. The Bertz CT molecular complexity index is 280. The molecule has 0 radical (unpaired) electrons. The summed E-state index contributed by atoms with van der Waals surface area (Å²) >= 11 is 0. The molecule has 2 aliphatic carbocycles. The molecule has 122 valence electrons. The molecule has 0 aromatic heterocycles. The van der Waals surface area contributed by atoms with Crippen molar-refractivity contribution in [2.45, 2.75) is 84.0 Å². The van der Waals surface area contributed by atoms with E-state index in [4.69, 9.17) is 4.74 Å². The normalized spacial score (nSPS) is 34.2. The van der Waals surface area contributed by atoms with E-state index in [2.05, 4.69) is 13.0 Å². The Morgan fingerprint density at radius 1 is 0.810 bits per heavy atom. The Kier molecular flexibility index (Phi) is 7.68. The lowest BCUT2D eigenvalue weighted by molar-refractivity contribution is 0.141. The number of hydrogen-bond acceptors (Lipinski definition) is 1. The molecule has 0 bridgehead atoms. The molecular formula is C20H36O. The van der Waals surface area contributed by atoms with Gasteiger partial charge in [0.15, 0.2) is 0 Å². The largest absolute Gasteiger partial charge is 0.505 e. The van der Waals surface area contributed by atoms with Gasteiger partial charge in [0.05, 0.1) is 13.4 Å². The minimum Gasteiger partial charge on any atom is -0.505 e. The molecule has 2 aliphatic rings. The fraction of sp³-hybridized carbons (Fsp3) is 0.900. The third kappa shape index (κ3) is 5.68. The number of hydrogen-bond donors (Lipinski definition) is 0. The Hall–Kier alpha value is -0.460. The molecule has 0 heterocycles. The van der Waals surface area contributed by atoms with Crippen LogP contribution in [0.15, 0.2) is 12.3 Å². The Morgan fingerprint density at radius 3 is 1.81 bits per heavy atom. The summed E-state index contributed by atoms with van der Waals surface area (Å²) in [4.78, 5) is 0. The third-order valence-corrected chi connectivity index (χ3v) is 6.12. The maximum atomic E-state index is 4.97. The summed E-state index contributed by atoms with van der Waals surface area (Å²) in [6.45, 7) is 2.34. The number of rotatable bonds is 7. The first-order valence-corrected chi connectivity index (χ1v) is 9.51. The van der Waals surface area contributed by atoms with E-state index in [1.54, 1.807) is 7.11 Å². The summed E-state index contributed by atoms with van der Waals surface area (Å²) in [6, 6.07) is 0. The molecule has 0 aromatic carbocycles. The molecule has 1 heteroatoms. The van der Waals surface area contributed by atoms with Crippen LogP contribution in [0, 0.1) is 23.7 Å².